The summed E-state index contributed by atoms with van der Waals surface area (Å²) in [6, 6.07) is 3.76. The van der Waals surface area contributed by atoms with Crippen molar-refractivity contribution in [2.45, 2.75) is 32.2 Å². The number of rotatable bonds is 3. The van der Waals surface area contributed by atoms with E-state index < -0.39 is 0 Å². The van der Waals surface area contributed by atoms with Crippen molar-refractivity contribution < 1.29 is 0 Å². The van der Waals surface area contributed by atoms with Gasteiger partial charge in [0.05, 0.1) is 11.4 Å². The van der Waals surface area contributed by atoms with Crippen molar-refractivity contribution in [3.63, 3.8) is 0 Å². The van der Waals surface area contributed by atoms with Crippen LogP contribution in [-0.2, 0) is 6.54 Å². The highest BCUT2D eigenvalue weighted by Gasteiger charge is 2.27. The van der Waals surface area contributed by atoms with Gasteiger partial charge in [-0.15, -0.1) is 0 Å². The lowest BCUT2D eigenvalue weighted by molar-refractivity contribution is 0.665. The molecular formula is C12H13ClN4. The Labute approximate surface area is 105 Å². The first-order chi connectivity index (χ1) is 8.28. The zero-order chi connectivity index (χ0) is 11.8. The second-order valence-corrected chi connectivity index (χ2v) is 4.63. The molecule has 2 aromatic heterocycles. The number of aromatic nitrogens is 4. The van der Waals surface area contributed by atoms with E-state index in [4.69, 9.17) is 11.6 Å². The Hall–Kier alpha value is -1.42. The molecule has 2 heterocycles. The van der Waals surface area contributed by atoms with Crippen LogP contribution in [0.25, 0.3) is 11.4 Å². The monoisotopic (exact) mass is 248 g/mol. The number of halogens is 1. The first-order valence-corrected chi connectivity index (χ1v) is 6.22. The molecule has 0 aromatic carbocycles. The van der Waals surface area contributed by atoms with Crippen molar-refractivity contribution in [3.8, 4) is 11.4 Å². The fraction of sp³-hybridized carbons (Fsp3) is 0.417. The van der Waals surface area contributed by atoms with Crippen LogP contribution >= 0.6 is 11.6 Å². The highest BCUT2D eigenvalue weighted by atomic mass is 35.5. The molecule has 0 N–H and O–H groups in total. The van der Waals surface area contributed by atoms with E-state index in [-0.39, 0.29) is 0 Å². The lowest BCUT2D eigenvalue weighted by Crippen LogP contribution is -2.02. The molecule has 0 bridgehead atoms. The Morgan fingerprint density at radius 1 is 1.41 bits per heavy atom. The average molecular weight is 249 g/mol. The van der Waals surface area contributed by atoms with Gasteiger partial charge in [0.1, 0.15) is 11.0 Å². The zero-order valence-corrected chi connectivity index (χ0v) is 10.4. The summed E-state index contributed by atoms with van der Waals surface area (Å²) in [4.78, 5) is 8.88. The Kier molecular flexibility index (Phi) is 2.59. The third-order valence-corrected chi connectivity index (χ3v) is 3.13. The van der Waals surface area contributed by atoms with Gasteiger partial charge in [-0.05, 0) is 25.8 Å². The molecule has 1 fully saturated rings. The Morgan fingerprint density at radius 2 is 2.24 bits per heavy atom. The van der Waals surface area contributed by atoms with Gasteiger partial charge < -0.3 is 0 Å². The molecule has 88 valence electrons. The van der Waals surface area contributed by atoms with Gasteiger partial charge in [0.25, 0.3) is 0 Å². The Bertz CT molecular complexity index is 545. The molecule has 0 aliphatic heterocycles. The summed E-state index contributed by atoms with van der Waals surface area (Å²) in [5, 5.41) is 4.76. The number of aryl methyl sites for hydroxylation is 1. The van der Waals surface area contributed by atoms with Crippen LogP contribution in [0.2, 0.25) is 5.15 Å². The minimum atomic E-state index is 0.505. The van der Waals surface area contributed by atoms with Crippen LogP contribution in [0.15, 0.2) is 18.3 Å². The first-order valence-electron chi connectivity index (χ1n) is 5.84. The van der Waals surface area contributed by atoms with Gasteiger partial charge in [-0.3, -0.25) is 4.68 Å². The average Bonchev–Trinajstić information content (AvgIpc) is 3.06. The van der Waals surface area contributed by atoms with Gasteiger partial charge in [0.15, 0.2) is 0 Å². The zero-order valence-electron chi connectivity index (χ0n) is 9.60. The molecule has 0 radical (unpaired) electrons. The number of hydrogen-bond acceptors (Lipinski definition) is 3. The number of hydrogen-bond donors (Lipinski definition) is 0. The molecule has 0 spiro atoms. The van der Waals surface area contributed by atoms with Crippen LogP contribution in [0.5, 0.6) is 0 Å². The quantitative estimate of drug-likeness (QED) is 0.785. The maximum Gasteiger partial charge on any atom is 0.133 e. The molecule has 1 aliphatic rings. The van der Waals surface area contributed by atoms with Crippen molar-refractivity contribution >= 4 is 11.6 Å². The maximum absolute atomic E-state index is 6.05. The minimum absolute atomic E-state index is 0.505. The molecule has 17 heavy (non-hydrogen) atoms. The third kappa shape index (κ3) is 2.05. The van der Waals surface area contributed by atoms with Gasteiger partial charge in [0, 0.05) is 24.7 Å². The predicted octanol–water partition coefficient (Wildman–Crippen LogP) is 2.89. The molecule has 5 heteroatoms. The summed E-state index contributed by atoms with van der Waals surface area (Å²) >= 11 is 6.05. The van der Waals surface area contributed by atoms with Crippen molar-refractivity contribution in [1.29, 1.82) is 0 Å². The van der Waals surface area contributed by atoms with Crippen molar-refractivity contribution in [3.05, 3.63) is 29.3 Å². The third-order valence-electron chi connectivity index (χ3n) is 2.93. The fourth-order valence-corrected chi connectivity index (χ4v) is 2.08. The normalized spacial score (nSPS) is 15.2. The standard InChI is InChI=1S/C12H13ClN4/c1-2-17-10(5-6-14-17)9-7-11(13)16-12(15-9)8-3-4-8/h5-8H,2-4H2,1H3. The fourth-order valence-electron chi connectivity index (χ4n) is 1.89. The van der Waals surface area contributed by atoms with Crippen LogP contribution < -0.4 is 0 Å². The summed E-state index contributed by atoms with van der Waals surface area (Å²) in [7, 11) is 0. The van der Waals surface area contributed by atoms with Crippen molar-refractivity contribution in [2.24, 2.45) is 0 Å². The molecular weight excluding hydrogens is 236 g/mol. The molecule has 1 aliphatic carbocycles. The van der Waals surface area contributed by atoms with Crippen molar-refractivity contribution in [1.82, 2.24) is 19.7 Å². The molecule has 3 rings (SSSR count). The summed E-state index contributed by atoms with van der Waals surface area (Å²) in [5.74, 6) is 1.38. The topological polar surface area (TPSA) is 43.6 Å². The van der Waals surface area contributed by atoms with Crippen LogP contribution in [-0.4, -0.2) is 19.7 Å². The van der Waals surface area contributed by atoms with Crippen LogP contribution in [0, 0.1) is 0 Å². The number of nitrogens with zero attached hydrogens (tertiary/aromatic N) is 4. The molecule has 1 saturated carbocycles. The maximum atomic E-state index is 6.05. The smallest absolute Gasteiger partial charge is 0.133 e. The van der Waals surface area contributed by atoms with E-state index >= 15 is 0 Å². The molecule has 0 atom stereocenters. The van der Waals surface area contributed by atoms with E-state index in [0.717, 1.165) is 23.8 Å². The van der Waals surface area contributed by atoms with Gasteiger partial charge in [-0.1, -0.05) is 11.6 Å². The van der Waals surface area contributed by atoms with E-state index in [9.17, 15) is 0 Å². The second-order valence-electron chi connectivity index (χ2n) is 4.24. The molecule has 2 aromatic rings. The van der Waals surface area contributed by atoms with Gasteiger partial charge in [-0.2, -0.15) is 5.10 Å². The minimum Gasteiger partial charge on any atom is -0.264 e. The summed E-state index contributed by atoms with van der Waals surface area (Å²) < 4.78 is 1.91. The molecule has 4 nitrogen and oxygen atoms in total. The van der Waals surface area contributed by atoms with E-state index in [1.165, 1.54) is 12.8 Å². The Balaban J connectivity index is 2.07. The van der Waals surface area contributed by atoms with Gasteiger partial charge >= 0.3 is 0 Å². The second kappa shape index (κ2) is 4.11. The summed E-state index contributed by atoms with van der Waals surface area (Å²) in [5.41, 5.74) is 1.87. The van der Waals surface area contributed by atoms with E-state index in [1.54, 1.807) is 12.3 Å². The van der Waals surface area contributed by atoms with Crippen LogP contribution in [0.4, 0.5) is 0 Å². The predicted molar refractivity (Wildman–Crippen MR) is 65.9 cm³/mol. The largest absolute Gasteiger partial charge is 0.264 e. The highest BCUT2D eigenvalue weighted by Crippen LogP contribution is 2.39. The van der Waals surface area contributed by atoms with Crippen LogP contribution in [0.3, 0.4) is 0 Å². The summed E-state index contributed by atoms with van der Waals surface area (Å²) in [6.45, 7) is 2.88. The highest BCUT2D eigenvalue weighted by molar-refractivity contribution is 6.29. The molecule has 0 amide bonds. The van der Waals surface area contributed by atoms with Gasteiger partial charge in [-0.25, -0.2) is 9.97 Å². The van der Waals surface area contributed by atoms with Crippen molar-refractivity contribution in [2.75, 3.05) is 0 Å². The van der Waals surface area contributed by atoms with Gasteiger partial charge in [0.2, 0.25) is 0 Å². The van der Waals surface area contributed by atoms with E-state index in [2.05, 4.69) is 22.0 Å². The lowest BCUT2D eigenvalue weighted by atomic mass is 10.3. The van der Waals surface area contributed by atoms with Crippen LogP contribution in [0.1, 0.15) is 31.5 Å². The van der Waals surface area contributed by atoms with E-state index in [0.29, 0.717) is 11.1 Å². The Morgan fingerprint density at radius 3 is 2.94 bits per heavy atom. The molecule has 0 unspecified atom stereocenters. The lowest BCUT2D eigenvalue weighted by Gasteiger charge is -2.06. The molecule has 0 saturated heterocycles. The van der Waals surface area contributed by atoms with E-state index in [1.807, 2.05) is 10.7 Å². The SMILES string of the molecule is CCn1nccc1-c1cc(Cl)nc(C2CC2)n1. The first kappa shape index (κ1) is 10.7. The summed E-state index contributed by atoms with van der Waals surface area (Å²) in [6.07, 6.45) is 4.13.